The van der Waals surface area contributed by atoms with Gasteiger partial charge in [0.2, 0.25) is 0 Å². The smallest absolute Gasteiger partial charge is 0.319 e. The van der Waals surface area contributed by atoms with Gasteiger partial charge in [-0.2, -0.15) is 0 Å². The summed E-state index contributed by atoms with van der Waals surface area (Å²) in [5.74, 6) is -0.317. The number of sulfone groups is 1. The lowest BCUT2D eigenvalue weighted by molar-refractivity contribution is 0.102. The van der Waals surface area contributed by atoms with Crippen LogP contribution in [0.15, 0.2) is 48.5 Å². The summed E-state index contributed by atoms with van der Waals surface area (Å²) in [4.78, 5) is 24.4. The average molecular weight is 408 g/mol. The highest BCUT2D eigenvalue weighted by molar-refractivity contribution is 7.91. The number of carbonyl (C=O) groups excluding carboxylic acids is 2. The highest BCUT2D eigenvalue weighted by Gasteiger charge is 2.28. The van der Waals surface area contributed by atoms with E-state index < -0.39 is 21.9 Å². The van der Waals surface area contributed by atoms with Crippen molar-refractivity contribution in [2.24, 2.45) is 0 Å². The Kier molecular flexibility index (Phi) is 5.67. The van der Waals surface area contributed by atoms with E-state index in [0.29, 0.717) is 28.4 Å². The molecule has 1 aliphatic rings. The monoisotopic (exact) mass is 407 g/mol. The lowest BCUT2D eigenvalue weighted by Gasteiger charge is -2.13. The van der Waals surface area contributed by atoms with E-state index >= 15 is 0 Å². The molecule has 0 unspecified atom stereocenters. The number of benzene rings is 2. The Labute approximate surface area is 162 Å². The first-order valence-electron chi connectivity index (χ1n) is 8.26. The number of amides is 3. The van der Waals surface area contributed by atoms with Gasteiger partial charge in [-0.3, -0.25) is 4.79 Å². The Morgan fingerprint density at radius 1 is 1.00 bits per heavy atom. The third-order valence-electron chi connectivity index (χ3n) is 4.03. The topological polar surface area (TPSA) is 104 Å². The Bertz CT molecular complexity index is 978. The Hall–Kier alpha value is -2.58. The van der Waals surface area contributed by atoms with Crippen molar-refractivity contribution < 1.29 is 18.0 Å². The van der Waals surface area contributed by atoms with Crippen LogP contribution in [0, 0.1) is 0 Å². The molecule has 7 nitrogen and oxygen atoms in total. The Morgan fingerprint density at radius 3 is 2.37 bits per heavy atom. The molecule has 1 atom stereocenters. The minimum atomic E-state index is -3.07. The van der Waals surface area contributed by atoms with Crippen molar-refractivity contribution in [3.8, 4) is 0 Å². The molecule has 1 aliphatic heterocycles. The van der Waals surface area contributed by atoms with Crippen molar-refractivity contribution in [2.75, 3.05) is 22.1 Å². The fourth-order valence-corrected chi connectivity index (χ4v) is 4.63. The van der Waals surface area contributed by atoms with Gasteiger partial charge in [0.1, 0.15) is 0 Å². The molecule has 0 aliphatic carbocycles. The van der Waals surface area contributed by atoms with Gasteiger partial charge < -0.3 is 16.0 Å². The second-order valence-electron chi connectivity index (χ2n) is 6.24. The van der Waals surface area contributed by atoms with Crippen molar-refractivity contribution in [1.29, 1.82) is 0 Å². The van der Waals surface area contributed by atoms with E-state index in [0.717, 1.165) is 0 Å². The lowest BCUT2D eigenvalue weighted by Crippen LogP contribution is -2.38. The normalized spacial score (nSPS) is 17.9. The summed E-state index contributed by atoms with van der Waals surface area (Å²) in [5.41, 5.74) is 1.34. The second-order valence-corrected chi connectivity index (χ2v) is 8.91. The van der Waals surface area contributed by atoms with E-state index in [1.807, 2.05) is 0 Å². The van der Waals surface area contributed by atoms with Gasteiger partial charge in [0.05, 0.1) is 11.5 Å². The van der Waals surface area contributed by atoms with Crippen molar-refractivity contribution in [2.45, 2.75) is 12.5 Å². The predicted octanol–water partition coefficient (Wildman–Crippen LogP) is 2.90. The predicted molar refractivity (Wildman–Crippen MR) is 105 cm³/mol. The summed E-state index contributed by atoms with van der Waals surface area (Å²) >= 11 is 5.90. The molecule has 3 N–H and O–H groups in total. The van der Waals surface area contributed by atoms with Crippen LogP contribution < -0.4 is 16.0 Å². The van der Waals surface area contributed by atoms with Crippen molar-refractivity contribution in [3.05, 3.63) is 59.1 Å². The maximum atomic E-state index is 12.4. The van der Waals surface area contributed by atoms with Crippen LogP contribution in [0.1, 0.15) is 16.8 Å². The van der Waals surface area contributed by atoms with Gasteiger partial charge >= 0.3 is 6.03 Å². The maximum absolute atomic E-state index is 12.4. The number of halogens is 1. The molecule has 0 bridgehead atoms. The molecular weight excluding hydrogens is 390 g/mol. The van der Waals surface area contributed by atoms with E-state index in [9.17, 15) is 18.0 Å². The molecule has 1 saturated heterocycles. The minimum Gasteiger partial charge on any atom is -0.334 e. The number of hydrogen-bond acceptors (Lipinski definition) is 4. The van der Waals surface area contributed by atoms with Crippen LogP contribution in [0.5, 0.6) is 0 Å². The van der Waals surface area contributed by atoms with Crippen LogP contribution >= 0.6 is 11.6 Å². The zero-order valence-corrected chi connectivity index (χ0v) is 15.8. The standard InChI is InChI=1S/C18H18ClN3O4S/c19-13-4-2-6-15(10-13)20-17(23)12-3-1-5-14(9-12)21-18(24)22-16-7-8-27(25,26)11-16/h1-6,9-10,16H,7-8,11H2,(H,20,23)(H2,21,22,24)/t16-/m0/s1. The molecule has 0 spiro atoms. The molecule has 2 aromatic carbocycles. The van der Waals surface area contributed by atoms with Crippen LogP contribution in [-0.4, -0.2) is 37.9 Å². The molecule has 0 saturated carbocycles. The van der Waals surface area contributed by atoms with Gasteiger partial charge in [-0.1, -0.05) is 23.7 Å². The number of rotatable bonds is 4. The van der Waals surface area contributed by atoms with Gasteiger partial charge in [0.15, 0.2) is 9.84 Å². The zero-order valence-electron chi connectivity index (χ0n) is 14.2. The summed E-state index contributed by atoms with van der Waals surface area (Å²) in [6.45, 7) is 0. The first kappa shape index (κ1) is 19.2. The molecule has 142 valence electrons. The van der Waals surface area contributed by atoms with Crippen LogP contribution in [0.2, 0.25) is 5.02 Å². The minimum absolute atomic E-state index is 0.0531. The molecule has 2 aromatic rings. The van der Waals surface area contributed by atoms with E-state index in [1.165, 1.54) is 6.07 Å². The first-order chi connectivity index (χ1) is 12.8. The quantitative estimate of drug-likeness (QED) is 0.724. The van der Waals surface area contributed by atoms with Gasteiger partial charge in [0.25, 0.3) is 5.91 Å². The lowest BCUT2D eigenvalue weighted by atomic mass is 10.2. The number of nitrogens with one attached hydrogen (secondary N) is 3. The van der Waals surface area contributed by atoms with Gasteiger partial charge in [-0.05, 0) is 42.8 Å². The van der Waals surface area contributed by atoms with Crippen LogP contribution in [0.4, 0.5) is 16.2 Å². The number of urea groups is 1. The molecule has 1 fully saturated rings. The molecule has 27 heavy (non-hydrogen) atoms. The summed E-state index contributed by atoms with van der Waals surface area (Å²) < 4.78 is 22.9. The molecule has 0 aromatic heterocycles. The molecule has 3 amide bonds. The van der Waals surface area contributed by atoms with Gasteiger partial charge in [-0.15, -0.1) is 0 Å². The maximum Gasteiger partial charge on any atom is 0.319 e. The first-order valence-corrected chi connectivity index (χ1v) is 10.5. The Balaban J connectivity index is 1.61. The third kappa shape index (κ3) is 5.45. The van der Waals surface area contributed by atoms with Crippen molar-refractivity contribution in [3.63, 3.8) is 0 Å². The molecule has 0 radical (unpaired) electrons. The van der Waals surface area contributed by atoms with Crippen molar-refractivity contribution >= 4 is 44.8 Å². The van der Waals surface area contributed by atoms with Crippen LogP contribution in [0.25, 0.3) is 0 Å². The Morgan fingerprint density at radius 2 is 1.70 bits per heavy atom. The third-order valence-corrected chi connectivity index (χ3v) is 6.04. The zero-order chi connectivity index (χ0) is 19.4. The summed E-state index contributed by atoms with van der Waals surface area (Å²) in [7, 11) is -3.07. The van der Waals surface area contributed by atoms with E-state index in [-0.39, 0.29) is 17.4 Å². The number of hydrogen-bond donors (Lipinski definition) is 3. The number of carbonyl (C=O) groups is 2. The molecular formula is C18H18ClN3O4S. The average Bonchev–Trinajstić information content (AvgIpc) is 2.93. The van der Waals surface area contributed by atoms with Crippen molar-refractivity contribution in [1.82, 2.24) is 5.32 Å². The fourth-order valence-electron chi connectivity index (χ4n) is 2.77. The highest BCUT2D eigenvalue weighted by Crippen LogP contribution is 2.17. The second kappa shape index (κ2) is 7.98. The van der Waals surface area contributed by atoms with Gasteiger partial charge in [-0.25, -0.2) is 13.2 Å². The fraction of sp³-hybridized carbons (Fsp3) is 0.222. The summed E-state index contributed by atoms with van der Waals surface area (Å²) in [5, 5.41) is 8.49. The molecule has 1 heterocycles. The van der Waals surface area contributed by atoms with Crippen LogP contribution in [-0.2, 0) is 9.84 Å². The van der Waals surface area contributed by atoms with E-state index in [4.69, 9.17) is 11.6 Å². The summed E-state index contributed by atoms with van der Waals surface area (Å²) in [6, 6.07) is 12.3. The van der Waals surface area contributed by atoms with E-state index in [1.54, 1.807) is 42.5 Å². The number of anilines is 2. The summed E-state index contributed by atoms with van der Waals surface area (Å²) in [6.07, 6.45) is 0.401. The SMILES string of the molecule is O=C(Nc1cccc(C(=O)Nc2cccc(Cl)c2)c1)N[C@H]1CCS(=O)(=O)C1. The van der Waals surface area contributed by atoms with Crippen LogP contribution in [0.3, 0.4) is 0 Å². The largest absolute Gasteiger partial charge is 0.334 e. The molecule has 9 heteroatoms. The van der Waals surface area contributed by atoms with E-state index in [2.05, 4.69) is 16.0 Å². The molecule has 3 rings (SSSR count). The van der Waals surface area contributed by atoms with Gasteiger partial charge in [0, 0.05) is 28.0 Å². The highest BCUT2D eigenvalue weighted by atomic mass is 35.5.